The van der Waals surface area contributed by atoms with Gasteiger partial charge < -0.3 is 18.9 Å². The summed E-state index contributed by atoms with van der Waals surface area (Å²) in [7, 11) is 1.52. The largest absolute Gasteiger partial charge is 0.497 e. The molecular weight excluding hydrogens is 432 g/mol. The average Bonchev–Trinajstić information content (AvgIpc) is 3.50. The predicted octanol–water partition coefficient (Wildman–Crippen LogP) is 4.85. The van der Waals surface area contributed by atoms with Gasteiger partial charge in [-0.1, -0.05) is 16.8 Å². The van der Waals surface area contributed by atoms with Gasteiger partial charge in [-0.15, -0.1) is 0 Å². The summed E-state index contributed by atoms with van der Waals surface area (Å²) in [6.45, 7) is 0.735. The molecule has 1 atom stereocenters. The summed E-state index contributed by atoms with van der Waals surface area (Å²) in [6.07, 6.45) is 0.820. The van der Waals surface area contributed by atoms with Gasteiger partial charge >= 0.3 is 5.97 Å². The fourth-order valence-electron chi connectivity index (χ4n) is 4.31. The van der Waals surface area contributed by atoms with E-state index in [2.05, 4.69) is 20.8 Å². The standard InChI is InChI=1S/C23H17ClN4O4/c1-31-16-7-12(11-25)6-15(8-16)23-26-22(27-32-23)14-2-3-18-17(9-14)20(24)21-13(10-19(29)30)4-5-28(18)21/h2-3,6-9,13H,4-5,10H2,1H3,(H,29,30)/t13-/m1/s1. The van der Waals surface area contributed by atoms with Gasteiger partial charge in [-0.25, -0.2) is 0 Å². The summed E-state index contributed by atoms with van der Waals surface area (Å²) in [6, 6.07) is 12.8. The number of carbonyl (C=O) groups is 1. The molecule has 1 aliphatic rings. The SMILES string of the molecule is COc1cc(C#N)cc(-c2nc(-c3ccc4c(c3)c(Cl)c3n4CC[C@@H]3CC(=O)O)no2)c1. The molecule has 0 aliphatic carbocycles. The zero-order valence-electron chi connectivity index (χ0n) is 17.0. The van der Waals surface area contributed by atoms with Crippen LogP contribution in [0.15, 0.2) is 40.9 Å². The van der Waals surface area contributed by atoms with E-state index in [1.54, 1.807) is 18.2 Å². The second-order valence-corrected chi connectivity index (χ2v) is 8.03. The Morgan fingerprint density at radius 3 is 2.94 bits per heavy atom. The van der Waals surface area contributed by atoms with E-state index in [-0.39, 0.29) is 18.2 Å². The van der Waals surface area contributed by atoms with Crippen molar-refractivity contribution in [3.63, 3.8) is 0 Å². The Balaban J connectivity index is 1.54. The number of nitriles is 1. The van der Waals surface area contributed by atoms with Gasteiger partial charge in [-0.3, -0.25) is 4.79 Å². The molecule has 1 N–H and O–H groups in total. The maximum atomic E-state index is 11.2. The number of aliphatic carboxylic acids is 1. The Morgan fingerprint density at radius 1 is 1.34 bits per heavy atom. The molecule has 0 saturated heterocycles. The number of carboxylic acids is 1. The Labute approximate surface area is 187 Å². The van der Waals surface area contributed by atoms with Gasteiger partial charge in [-0.2, -0.15) is 10.2 Å². The number of fused-ring (bicyclic) bond motifs is 3. The van der Waals surface area contributed by atoms with Crippen molar-refractivity contribution < 1.29 is 19.2 Å². The van der Waals surface area contributed by atoms with Gasteiger partial charge in [0.15, 0.2) is 0 Å². The molecule has 1 aliphatic heterocycles. The van der Waals surface area contributed by atoms with Gasteiger partial charge in [0, 0.05) is 40.2 Å². The van der Waals surface area contributed by atoms with Gasteiger partial charge in [0.2, 0.25) is 5.82 Å². The molecule has 0 fully saturated rings. The van der Waals surface area contributed by atoms with Crippen molar-refractivity contribution in [1.29, 1.82) is 5.26 Å². The van der Waals surface area contributed by atoms with Crippen molar-refractivity contribution in [2.24, 2.45) is 0 Å². The van der Waals surface area contributed by atoms with E-state index in [4.69, 9.17) is 20.9 Å². The maximum absolute atomic E-state index is 11.2. The number of nitrogens with zero attached hydrogens (tertiary/aromatic N) is 4. The first kappa shape index (κ1) is 20.1. The van der Waals surface area contributed by atoms with Crippen LogP contribution in [0.3, 0.4) is 0 Å². The lowest BCUT2D eigenvalue weighted by atomic mass is 10.00. The molecular formula is C23H17ClN4O4. The van der Waals surface area contributed by atoms with Crippen LogP contribution in [-0.4, -0.2) is 32.9 Å². The summed E-state index contributed by atoms with van der Waals surface area (Å²) in [5, 5.41) is 23.9. The van der Waals surface area contributed by atoms with Crippen molar-refractivity contribution in [2.75, 3.05) is 7.11 Å². The van der Waals surface area contributed by atoms with Crippen LogP contribution >= 0.6 is 11.6 Å². The van der Waals surface area contributed by atoms with Crippen LogP contribution < -0.4 is 4.74 Å². The third-order valence-electron chi connectivity index (χ3n) is 5.75. The summed E-state index contributed by atoms with van der Waals surface area (Å²) >= 11 is 6.69. The smallest absolute Gasteiger partial charge is 0.304 e. The quantitative estimate of drug-likeness (QED) is 0.463. The number of methoxy groups -OCH3 is 1. The minimum absolute atomic E-state index is 0.0579. The van der Waals surface area contributed by atoms with Crippen LogP contribution in [0, 0.1) is 11.3 Å². The molecule has 32 heavy (non-hydrogen) atoms. The fraction of sp³-hybridized carbons (Fsp3) is 0.217. The molecule has 8 nitrogen and oxygen atoms in total. The minimum Gasteiger partial charge on any atom is -0.497 e. The molecule has 0 bridgehead atoms. The molecule has 4 aromatic rings. The van der Waals surface area contributed by atoms with Crippen molar-refractivity contribution in [3.05, 3.63) is 52.7 Å². The Hall–Kier alpha value is -3.83. The molecule has 0 spiro atoms. The molecule has 9 heteroatoms. The number of aryl methyl sites for hydroxylation is 1. The highest BCUT2D eigenvalue weighted by Gasteiger charge is 2.30. The van der Waals surface area contributed by atoms with E-state index >= 15 is 0 Å². The summed E-state index contributed by atoms with van der Waals surface area (Å²) < 4.78 is 12.8. The third kappa shape index (κ3) is 3.27. The minimum atomic E-state index is -0.832. The highest BCUT2D eigenvalue weighted by atomic mass is 35.5. The summed E-state index contributed by atoms with van der Waals surface area (Å²) in [5.41, 5.74) is 3.55. The zero-order valence-corrected chi connectivity index (χ0v) is 17.8. The average molecular weight is 449 g/mol. The highest BCUT2D eigenvalue weighted by molar-refractivity contribution is 6.36. The predicted molar refractivity (Wildman–Crippen MR) is 117 cm³/mol. The monoisotopic (exact) mass is 448 g/mol. The van der Waals surface area contributed by atoms with Crippen LogP contribution in [0.1, 0.15) is 30.0 Å². The normalized spacial score (nSPS) is 15.0. The van der Waals surface area contributed by atoms with E-state index in [0.717, 1.165) is 35.1 Å². The summed E-state index contributed by atoms with van der Waals surface area (Å²) in [4.78, 5) is 15.7. The van der Waals surface area contributed by atoms with Gasteiger partial charge in [-0.05, 0) is 42.8 Å². The molecule has 5 rings (SSSR count). The number of benzene rings is 2. The van der Waals surface area contributed by atoms with E-state index in [0.29, 0.717) is 27.7 Å². The number of hydrogen-bond donors (Lipinski definition) is 1. The van der Waals surface area contributed by atoms with Crippen LogP contribution in [0.4, 0.5) is 0 Å². The van der Waals surface area contributed by atoms with Crippen molar-refractivity contribution in [1.82, 2.24) is 14.7 Å². The number of aromatic nitrogens is 3. The first-order valence-electron chi connectivity index (χ1n) is 9.95. The van der Waals surface area contributed by atoms with Crippen molar-refractivity contribution in [2.45, 2.75) is 25.3 Å². The third-order valence-corrected chi connectivity index (χ3v) is 6.15. The Bertz CT molecular complexity index is 1420. The second-order valence-electron chi connectivity index (χ2n) is 7.65. The molecule has 0 saturated carbocycles. The highest BCUT2D eigenvalue weighted by Crippen LogP contribution is 2.43. The van der Waals surface area contributed by atoms with Crippen LogP contribution in [0.2, 0.25) is 5.02 Å². The van der Waals surface area contributed by atoms with Crippen molar-refractivity contribution >= 4 is 28.5 Å². The molecule has 3 heterocycles. The number of hydrogen-bond acceptors (Lipinski definition) is 6. The molecule has 160 valence electrons. The van der Waals surface area contributed by atoms with E-state index in [9.17, 15) is 15.2 Å². The molecule has 0 amide bonds. The molecule has 0 radical (unpaired) electrons. The van der Waals surface area contributed by atoms with E-state index < -0.39 is 5.97 Å². The Kier molecular flexibility index (Phi) is 4.83. The van der Waals surface area contributed by atoms with Crippen LogP contribution in [-0.2, 0) is 11.3 Å². The van der Waals surface area contributed by atoms with Crippen LogP contribution in [0.25, 0.3) is 33.7 Å². The fourth-order valence-corrected chi connectivity index (χ4v) is 4.71. The van der Waals surface area contributed by atoms with Gasteiger partial charge in [0.25, 0.3) is 5.89 Å². The first-order valence-corrected chi connectivity index (χ1v) is 10.3. The number of halogens is 1. The lowest BCUT2D eigenvalue weighted by Crippen LogP contribution is -2.03. The number of carboxylic acid groups (broad SMARTS) is 1. The number of rotatable bonds is 5. The maximum Gasteiger partial charge on any atom is 0.304 e. The summed E-state index contributed by atoms with van der Waals surface area (Å²) in [5.74, 6) is 0.235. The van der Waals surface area contributed by atoms with Crippen molar-refractivity contribution in [3.8, 4) is 34.7 Å². The van der Waals surface area contributed by atoms with Gasteiger partial charge in [0.05, 0.1) is 30.2 Å². The lowest BCUT2D eigenvalue weighted by molar-refractivity contribution is -0.137. The second kappa shape index (κ2) is 7.70. The van der Waals surface area contributed by atoms with Gasteiger partial charge in [0.1, 0.15) is 5.75 Å². The van der Waals surface area contributed by atoms with E-state index in [1.807, 2.05) is 18.2 Å². The topological polar surface area (TPSA) is 114 Å². The van der Waals surface area contributed by atoms with Crippen LogP contribution in [0.5, 0.6) is 5.75 Å². The molecule has 2 aromatic carbocycles. The molecule has 2 aromatic heterocycles. The lowest BCUT2D eigenvalue weighted by Gasteiger charge is -2.06. The zero-order chi connectivity index (χ0) is 22.4. The first-order chi connectivity index (χ1) is 15.5. The Morgan fingerprint density at radius 2 is 2.19 bits per heavy atom. The molecule has 0 unspecified atom stereocenters. The number of ether oxygens (including phenoxy) is 1. The van der Waals surface area contributed by atoms with E-state index in [1.165, 1.54) is 7.11 Å².